The molecule has 1 N–H and O–H groups in total. The van der Waals surface area contributed by atoms with Gasteiger partial charge in [-0.2, -0.15) is 0 Å². The normalized spacial score (nSPS) is 16.4. The number of hydrogen-bond acceptors (Lipinski definition) is 4. The van der Waals surface area contributed by atoms with Gasteiger partial charge in [-0.15, -0.1) is 11.8 Å². The van der Waals surface area contributed by atoms with Crippen LogP contribution in [0.2, 0.25) is 0 Å². The molecule has 1 heterocycles. The van der Waals surface area contributed by atoms with Crippen molar-refractivity contribution in [3.05, 3.63) is 36.0 Å². The largest absolute Gasteiger partial charge is 0.463 e. The summed E-state index contributed by atoms with van der Waals surface area (Å²) in [6, 6.07) is 8.04. The van der Waals surface area contributed by atoms with Crippen LogP contribution in [-0.4, -0.2) is 18.3 Å². The summed E-state index contributed by atoms with van der Waals surface area (Å²) < 4.78 is 4.87. The maximum atomic E-state index is 11.3. The molecule has 0 amide bonds. The third-order valence-corrected chi connectivity index (χ3v) is 3.27. The minimum Gasteiger partial charge on any atom is -0.463 e. The number of hydrogen-bond donors (Lipinski definition) is 1. The van der Waals surface area contributed by atoms with Crippen molar-refractivity contribution < 1.29 is 9.53 Å². The van der Waals surface area contributed by atoms with E-state index in [0.717, 1.165) is 17.1 Å². The highest BCUT2D eigenvalue weighted by atomic mass is 32.2. The maximum absolute atomic E-state index is 11.3. The van der Waals surface area contributed by atoms with Crippen LogP contribution < -0.4 is 5.32 Å². The Hall–Kier alpha value is -1.42. The zero-order valence-electron chi connectivity index (χ0n) is 9.03. The summed E-state index contributed by atoms with van der Waals surface area (Å²) >= 11 is 1.72. The number of carbonyl (C=O) groups excluding carboxylic acids is 1. The van der Waals surface area contributed by atoms with E-state index in [1.54, 1.807) is 18.7 Å². The van der Waals surface area contributed by atoms with Crippen LogP contribution in [0.4, 0.5) is 5.69 Å². The zero-order chi connectivity index (χ0) is 11.4. The molecule has 3 nitrogen and oxygen atoms in total. The molecule has 1 aliphatic heterocycles. The zero-order valence-corrected chi connectivity index (χ0v) is 9.84. The topological polar surface area (TPSA) is 38.3 Å². The van der Waals surface area contributed by atoms with Crippen molar-refractivity contribution in [2.75, 3.05) is 17.7 Å². The molecular formula is C12H13NO2S. The van der Waals surface area contributed by atoms with E-state index in [-0.39, 0.29) is 5.97 Å². The number of benzene rings is 1. The molecular weight excluding hydrogens is 222 g/mol. The molecule has 4 heteroatoms. The van der Waals surface area contributed by atoms with Crippen molar-refractivity contribution in [1.82, 2.24) is 0 Å². The molecule has 0 spiro atoms. The fourth-order valence-corrected chi connectivity index (χ4v) is 2.38. The van der Waals surface area contributed by atoms with Gasteiger partial charge in [-0.1, -0.05) is 12.1 Å². The van der Waals surface area contributed by atoms with Crippen LogP contribution in [0, 0.1) is 0 Å². The molecule has 0 saturated carbocycles. The van der Waals surface area contributed by atoms with E-state index in [2.05, 4.69) is 11.4 Å². The van der Waals surface area contributed by atoms with Gasteiger partial charge >= 0.3 is 5.97 Å². The van der Waals surface area contributed by atoms with Gasteiger partial charge in [-0.25, -0.2) is 4.79 Å². The molecule has 0 radical (unpaired) electrons. The number of fused-ring (bicyclic) bond motifs is 1. The number of esters is 1. The minimum absolute atomic E-state index is 0.287. The molecule has 0 bridgehead atoms. The van der Waals surface area contributed by atoms with Crippen molar-refractivity contribution >= 4 is 23.4 Å². The van der Waals surface area contributed by atoms with Crippen molar-refractivity contribution in [2.24, 2.45) is 0 Å². The Morgan fingerprint density at radius 2 is 2.38 bits per heavy atom. The third kappa shape index (κ3) is 2.58. The summed E-state index contributed by atoms with van der Waals surface area (Å²) in [5, 5.41) is 3.23. The Balaban J connectivity index is 2.10. The summed E-state index contributed by atoms with van der Waals surface area (Å²) in [6.07, 6.45) is 1.52. The maximum Gasteiger partial charge on any atom is 0.332 e. The number of anilines is 1. The summed E-state index contributed by atoms with van der Waals surface area (Å²) in [6.45, 7) is 2.21. The van der Waals surface area contributed by atoms with Gasteiger partial charge < -0.3 is 10.1 Å². The van der Waals surface area contributed by atoms with Gasteiger partial charge in [-0.05, 0) is 19.1 Å². The second-order valence-electron chi connectivity index (χ2n) is 3.33. The van der Waals surface area contributed by atoms with Crippen molar-refractivity contribution in [3.8, 4) is 0 Å². The Bertz CT molecular complexity index is 429. The first kappa shape index (κ1) is 11.1. The molecule has 2 rings (SSSR count). The molecule has 0 aliphatic carbocycles. The van der Waals surface area contributed by atoms with E-state index in [0.29, 0.717) is 6.61 Å². The molecule has 84 valence electrons. The number of thioether (sulfide) groups is 1. The molecule has 0 unspecified atom stereocenters. The Morgan fingerprint density at radius 1 is 1.56 bits per heavy atom. The van der Waals surface area contributed by atoms with Gasteiger partial charge in [0, 0.05) is 22.4 Å². The lowest BCUT2D eigenvalue weighted by Crippen LogP contribution is -2.11. The Kier molecular flexibility index (Phi) is 3.51. The summed E-state index contributed by atoms with van der Waals surface area (Å²) in [5.74, 6) is 0.487. The fraction of sp³-hybridized carbons (Fsp3) is 0.250. The smallest absolute Gasteiger partial charge is 0.332 e. The predicted octanol–water partition coefficient (Wildman–Crippen LogP) is 2.65. The van der Waals surface area contributed by atoms with E-state index in [1.807, 2.05) is 18.2 Å². The fourth-order valence-electron chi connectivity index (χ4n) is 1.46. The number of para-hydroxylation sites is 1. The highest BCUT2D eigenvalue weighted by molar-refractivity contribution is 7.99. The van der Waals surface area contributed by atoms with E-state index in [4.69, 9.17) is 4.74 Å². The average Bonchev–Trinajstić information content (AvgIpc) is 2.29. The highest BCUT2D eigenvalue weighted by Gasteiger charge is 2.13. The van der Waals surface area contributed by atoms with Crippen LogP contribution in [0.15, 0.2) is 40.9 Å². The van der Waals surface area contributed by atoms with Crippen LogP contribution in [0.25, 0.3) is 0 Å². The lowest BCUT2D eigenvalue weighted by atomic mass is 10.3. The van der Waals surface area contributed by atoms with E-state index in [9.17, 15) is 4.79 Å². The first-order valence-electron chi connectivity index (χ1n) is 5.16. The first-order chi connectivity index (χ1) is 7.79. The third-order valence-electron chi connectivity index (χ3n) is 2.14. The average molecular weight is 235 g/mol. The molecule has 0 atom stereocenters. The standard InChI is InChI=1S/C12H13NO2S/c1-2-15-12(14)7-9-8-16-11-6-4-3-5-10(11)13-9/h3-7,13H,2,8H2,1H3/b9-7+. The summed E-state index contributed by atoms with van der Waals surface area (Å²) in [7, 11) is 0. The SMILES string of the molecule is CCOC(=O)/C=C1\CSc2ccccc2N1. The van der Waals surface area contributed by atoms with Crippen LogP contribution in [0.5, 0.6) is 0 Å². The molecule has 1 aromatic carbocycles. The van der Waals surface area contributed by atoms with Crippen molar-refractivity contribution in [3.63, 3.8) is 0 Å². The van der Waals surface area contributed by atoms with Crippen molar-refractivity contribution in [1.29, 1.82) is 0 Å². The first-order valence-corrected chi connectivity index (χ1v) is 6.14. The number of ether oxygens (including phenoxy) is 1. The predicted molar refractivity (Wildman–Crippen MR) is 65.5 cm³/mol. The molecule has 16 heavy (non-hydrogen) atoms. The highest BCUT2D eigenvalue weighted by Crippen LogP contribution is 2.33. The van der Waals surface area contributed by atoms with Crippen LogP contribution in [0.1, 0.15) is 6.92 Å². The molecule has 1 aliphatic rings. The minimum atomic E-state index is -0.287. The Labute approximate surface area is 98.9 Å². The number of nitrogens with one attached hydrogen (secondary N) is 1. The second-order valence-corrected chi connectivity index (χ2v) is 4.35. The van der Waals surface area contributed by atoms with E-state index >= 15 is 0 Å². The van der Waals surface area contributed by atoms with E-state index in [1.165, 1.54) is 11.0 Å². The monoisotopic (exact) mass is 235 g/mol. The molecule has 0 saturated heterocycles. The number of carbonyl (C=O) groups is 1. The lowest BCUT2D eigenvalue weighted by molar-refractivity contribution is -0.137. The molecule has 1 aromatic rings. The lowest BCUT2D eigenvalue weighted by Gasteiger charge is -2.19. The molecule has 0 fully saturated rings. The van der Waals surface area contributed by atoms with Gasteiger partial charge in [0.15, 0.2) is 0 Å². The van der Waals surface area contributed by atoms with E-state index < -0.39 is 0 Å². The quantitative estimate of drug-likeness (QED) is 0.631. The number of rotatable bonds is 2. The van der Waals surface area contributed by atoms with Gasteiger partial charge in [0.25, 0.3) is 0 Å². The van der Waals surface area contributed by atoms with Gasteiger partial charge in [-0.3, -0.25) is 0 Å². The van der Waals surface area contributed by atoms with Gasteiger partial charge in [0.2, 0.25) is 0 Å². The summed E-state index contributed by atoms with van der Waals surface area (Å²) in [4.78, 5) is 12.5. The van der Waals surface area contributed by atoms with Gasteiger partial charge in [0.1, 0.15) is 0 Å². The van der Waals surface area contributed by atoms with Crippen LogP contribution in [-0.2, 0) is 9.53 Å². The molecule has 0 aromatic heterocycles. The van der Waals surface area contributed by atoms with Gasteiger partial charge in [0.05, 0.1) is 12.3 Å². The second kappa shape index (κ2) is 5.07. The van der Waals surface area contributed by atoms with Crippen molar-refractivity contribution in [2.45, 2.75) is 11.8 Å². The van der Waals surface area contributed by atoms with Crippen LogP contribution >= 0.6 is 11.8 Å². The summed E-state index contributed by atoms with van der Waals surface area (Å²) in [5.41, 5.74) is 1.94. The Morgan fingerprint density at radius 3 is 3.19 bits per heavy atom. The van der Waals surface area contributed by atoms with Crippen LogP contribution in [0.3, 0.4) is 0 Å².